The van der Waals surface area contributed by atoms with E-state index < -0.39 is 0 Å². The summed E-state index contributed by atoms with van der Waals surface area (Å²) >= 11 is 0. The van der Waals surface area contributed by atoms with Crippen molar-refractivity contribution in [1.82, 2.24) is 10.3 Å². The minimum Gasteiger partial charge on any atom is -0.367 e. The topological polar surface area (TPSA) is 52.0 Å². The van der Waals surface area contributed by atoms with E-state index in [0.717, 1.165) is 25.3 Å². The van der Waals surface area contributed by atoms with Gasteiger partial charge in [-0.15, -0.1) is 0 Å². The predicted octanol–water partition coefficient (Wildman–Crippen LogP) is 0.751. The van der Waals surface area contributed by atoms with E-state index in [0.29, 0.717) is 11.7 Å². The van der Waals surface area contributed by atoms with Crippen LogP contribution in [0.1, 0.15) is 12.6 Å². The van der Waals surface area contributed by atoms with E-state index in [1.165, 1.54) is 0 Å². The Morgan fingerprint density at radius 3 is 3.07 bits per heavy atom. The molecule has 0 amide bonds. The van der Waals surface area contributed by atoms with Crippen LogP contribution in [0.15, 0.2) is 18.3 Å². The Hall–Kier alpha value is -1.60. The highest BCUT2D eigenvalue weighted by Crippen LogP contribution is 2.14. The fourth-order valence-electron chi connectivity index (χ4n) is 1.81. The van der Waals surface area contributed by atoms with Crippen LogP contribution < -0.4 is 10.2 Å². The Bertz CT molecular complexity index is 365. The maximum absolute atomic E-state index is 8.64. The molecule has 1 aliphatic rings. The number of aromatic nitrogens is 1. The van der Waals surface area contributed by atoms with Crippen molar-refractivity contribution in [2.24, 2.45) is 0 Å². The van der Waals surface area contributed by atoms with E-state index in [1.54, 1.807) is 12.3 Å². The summed E-state index contributed by atoms with van der Waals surface area (Å²) in [7, 11) is 0. The first-order valence-corrected chi connectivity index (χ1v) is 5.14. The van der Waals surface area contributed by atoms with E-state index in [4.69, 9.17) is 5.26 Å². The molecule has 0 aromatic carbocycles. The Morgan fingerprint density at radius 1 is 1.60 bits per heavy atom. The normalized spacial score (nSPS) is 21.1. The fourth-order valence-corrected chi connectivity index (χ4v) is 1.81. The monoisotopic (exact) mass is 202 g/mol. The van der Waals surface area contributed by atoms with Crippen LogP contribution in [0.5, 0.6) is 0 Å². The van der Waals surface area contributed by atoms with Crippen molar-refractivity contribution in [3.63, 3.8) is 0 Å². The average Bonchev–Trinajstić information content (AvgIpc) is 2.29. The van der Waals surface area contributed by atoms with Gasteiger partial charge < -0.3 is 10.2 Å². The van der Waals surface area contributed by atoms with Gasteiger partial charge in [-0.1, -0.05) is 0 Å². The number of nitrogens with zero attached hydrogens (tertiary/aromatic N) is 3. The highest BCUT2D eigenvalue weighted by Gasteiger charge is 2.15. The molecular formula is C11H14N4. The van der Waals surface area contributed by atoms with Crippen LogP contribution in [0.2, 0.25) is 0 Å². The van der Waals surface area contributed by atoms with Crippen LogP contribution in [-0.2, 0) is 0 Å². The highest BCUT2D eigenvalue weighted by molar-refractivity contribution is 5.46. The van der Waals surface area contributed by atoms with Crippen LogP contribution in [-0.4, -0.2) is 30.7 Å². The molecule has 0 radical (unpaired) electrons. The molecule has 2 rings (SSSR count). The molecule has 0 saturated carbocycles. The zero-order chi connectivity index (χ0) is 10.7. The van der Waals surface area contributed by atoms with Crippen molar-refractivity contribution in [3.8, 4) is 6.07 Å². The van der Waals surface area contributed by atoms with Crippen LogP contribution in [0.25, 0.3) is 0 Å². The lowest BCUT2D eigenvalue weighted by Crippen LogP contribution is -2.49. The summed E-state index contributed by atoms with van der Waals surface area (Å²) < 4.78 is 0. The van der Waals surface area contributed by atoms with E-state index in [9.17, 15) is 0 Å². The van der Waals surface area contributed by atoms with Gasteiger partial charge in [0.15, 0.2) is 0 Å². The summed E-state index contributed by atoms with van der Waals surface area (Å²) in [6, 6.07) is 6.26. The second kappa shape index (κ2) is 4.28. The quantitative estimate of drug-likeness (QED) is 0.730. The molecule has 1 fully saturated rings. The minimum atomic E-state index is 0.474. The summed E-state index contributed by atoms with van der Waals surface area (Å²) in [6.45, 7) is 5.16. The number of anilines is 1. The molecule has 0 spiro atoms. The Morgan fingerprint density at radius 2 is 2.47 bits per heavy atom. The van der Waals surface area contributed by atoms with Crippen molar-refractivity contribution >= 4 is 5.69 Å². The number of pyridine rings is 1. The van der Waals surface area contributed by atoms with Crippen molar-refractivity contribution in [2.45, 2.75) is 13.0 Å². The third kappa shape index (κ3) is 2.25. The van der Waals surface area contributed by atoms with E-state index in [1.807, 2.05) is 12.1 Å². The number of nitrogens with one attached hydrogen (secondary N) is 1. The van der Waals surface area contributed by atoms with Crippen molar-refractivity contribution < 1.29 is 0 Å². The number of hydrogen-bond acceptors (Lipinski definition) is 4. The Balaban J connectivity index is 2.12. The van der Waals surface area contributed by atoms with Crippen molar-refractivity contribution in [2.75, 3.05) is 24.5 Å². The number of piperazine rings is 1. The SMILES string of the molecule is C[C@@H]1CN(c2ccc(C#N)nc2)CCN1. The first-order valence-electron chi connectivity index (χ1n) is 5.14. The second-order valence-electron chi connectivity index (χ2n) is 3.81. The standard InChI is InChI=1S/C11H14N4/c1-9-8-15(5-4-13-9)11-3-2-10(6-12)14-7-11/h2-3,7,9,13H,4-5,8H2,1H3/t9-/m1/s1. The van der Waals surface area contributed by atoms with Crippen molar-refractivity contribution in [1.29, 1.82) is 5.26 Å². The highest BCUT2D eigenvalue weighted by atomic mass is 15.2. The largest absolute Gasteiger partial charge is 0.367 e. The molecule has 4 heteroatoms. The molecule has 0 unspecified atom stereocenters. The zero-order valence-corrected chi connectivity index (χ0v) is 8.77. The lowest BCUT2D eigenvalue weighted by Gasteiger charge is -2.33. The van der Waals surface area contributed by atoms with Crippen LogP contribution in [0.4, 0.5) is 5.69 Å². The molecule has 1 atom stereocenters. The predicted molar refractivity (Wildman–Crippen MR) is 58.6 cm³/mol. The molecule has 1 saturated heterocycles. The molecule has 4 nitrogen and oxygen atoms in total. The molecular weight excluding hydrogens is 188 g/mol. The van der Waals surface area contributed by atoms with Gasteiger partial charge >= 0.3 is 0 Å². The minimum absolute atomic E-state index is 0.474. The van der Waals surface area contributed by atoms with Gasteiger partial charge in [-0.3, -0.25) is 0 Å². The van der Waals surface area contributed by atoms with Crippen molar-refractivity contribution in [3.05, 3.63) is 24.0 Å². The van der Waals surface area contributed by atoms with Crippen LogP contribution in [0, 0.1) is 11.3 Å². The Labute approximate surface area is 89.5 Å². The van der Waals surface area contributed by atoms with Gasteiger partial charge in [0.1, 0.15) is 11.8 Å². The smallest absolute Gasteiger partial charge is 0.140 e. The third-order valence-corrected chi connectivity index (χ3v) is 2.60. The first kappa shape index (κ1) is 9.94. The second-order valence-corrected chi connectivity index (χ2v) is 3.81. The molecule has 2 heterocycles. The molecule has 1 N–H and O–H groups in total. The van der Waals surface area contributed by atoms with Crippen LogP contribution >= 0.6 is 0 Å². The Kier molecular flexibility index (Phi) is 2.84. The summed E-state index contributed by atoms with van der Waals surface area (Å²) in [5.41, 5.74) is 1.57. The summed E-state index contributed by atoms with van der Waals surface area (Å²) in [5.74, 6) is 0. The lowest BCUT2D eigenvalue weighted by molar-refractivity contribution is 0.484. The van der Waals surface area contributed by atoms with Gasteiger partial charge in [0.05, 0.1) is 11.9 Å². The third-order valence-electron chi connectivity index (χ3n) is 2.60. The number of nitriles is 1. The first-order chi connectivity index (χ1) is 7.29. The van der Waals surface area contributed by atoms with Gasteiger partial charge in [-0.05, 0) is 19.1 Å². The van der Waals surface area contributed by atoms with E-state index >= 15 is 0 Å². The molecule has 0 bridgehead atoms. The van der Waals surface area contributed by atoms with Gasteiger partial charge in [-0.2, -0.15) is 5.26 Å². The maximum atomic E-state index is 8.64. The molecule has 1 aromatic heterocycles. The molecule has 78 valence electrons. The maximum Gasteiger partial charge on any atom is 0.140 e. The molecule has 1 aliphatic heterocycles. The summed E-state index contributed by atoms with van der Waals surface area (Å²) in [4.78, 5) is 6.36. The molecule has 15 heavy (non-hydrogen) atoms. The summed E-state index contributed by atoms with van der Waals surface area (Å²) in [6.07, 6.45) is 1.77. The zero-order valence-electron chi connectivity index (χ0n) is 8.77. The number of hydrogen-bond donors (Lipinski definition) is 1. The van der Waals surface area contributed by atoms with Crippen LogP contribution in [0.3, 0.4) is 0 Å². The van der Waals surface area contributed by atoms with Gasteiger partial charge in [0, 0.05) is 25.7 Å². The van der Waals surface area contributed by atoms with Gasteiger partial charge in [0.2, 0.25) is 0 Å². The van der Waals surface area contributed by atoms with Gasteiger partial charge in [0.25, 0.3) is 0 Å². The van der Waals surface area contributed by atoms with E-state index in [2.05, 4.69) is 22.1 Å². The number of rotatable bonds is 1. The molecule has 1 aromatic rings. The average molecular weight is 202 g/mol. The molecule has 0 aliphatic carbocycles. The lowest BCUT2D eigenvalue weighted by atomic mass is 10.2. The fraction of sp³-hybridized carbons (Fsp3) is 0.455. The van der Waals surface area contributed by atoms with Gasteiger partial charge in [-0.25, -0.2) is 4.98 Å². The summed E-state index contributed by atoms with van der Waals surface area (Å²) in [5, 5.41) is 12.0. The van der Waals surface area contributed by atoms with E-state index in [-0.39, 0.29) is 0 Å².